The fourth-order valence-electron chi connectivity index (χ4n) is 2.84. The second-order valence-electron chi connectivity index (χ2n) is 5.66. The number of carboxylic acids is 1. The lowest BCUT2D eigenvalue weighted by Crippen LogP contribution is -2.73. The zero-order valence-corrected chi connectivity index (χ0v) is 15.8. The van der Waals surface area contributed by atoms with Crippen LogP contribution in [0.15, 0.2) is 41.6 Å². The predicted octanol–water partition coefficient (Wildman–Crippen LogP) is 0.214. The van der Waals surface area contributed by atoms with Gasteiger partial charge in [-0.05, 0) is 17.7 Å². The molecule has 1 unspecified atom stereocenters. The van der Waals surface area contributed by atoms with E-state index in [4.69, 9.17) is 4.74 Å². The quantitative estimate of drug-likeness (QED) is 0.481. The number of hydrogen-bond acceptors (Lipinski definition) is 5. The molecule has 0 aromatic heterocycles. The summed E-state index contributed by atoms with van der Waals surface area (Å²) in [6, 6.07) is 7.67. The van der Waals surface area contributed by atoms with Crippen LogP contribution in [0.25, 0.3) is 0 Å². The smallest absolute Gasteiger partial charge is 0.352 e. The summed E-state index contributed by atoms with van der Waals surface area (Å²) in [5.41, 5.74) is 0.222. The number of hydrogen-bond donors (Lipinski definition) is 2. The lowest BCUT2D eigenvalue weighted by molar-refractivity contribution is -0.151. The van der Waals surface area contributed by atoms with Crippen LogP contribution in [0.1, 0.15) is 0 Å². The molecule has 8 nitrogen and oxygen atoms in total. The monoisotopic (exact) mass is 442 g/mol. The summed E-state index contributed by atoms with van der Waals surface area (Å²) in [7, 11) is -1.50. The van der Waals surface area contributed by atoms with Crippen molar-refractivity contribution in [2.45, 2.75) is 11.4 Å². The van der Waals surface area contributed by atoms with E-state index in [1.165, 1.54) is 0 Å². The molecule has 0 bridgehead atoms. The number of carboxylic acid groups (broad SMARTS) is 1. The maximum Gasteiger partial charge on any atom is 0.352 e. The van der Waals surface area contributed by atoms with E-state index in [2.05, 4.69) is 21.2 Å². The molecule has 2 aliphatic heterocycles. The molecule has 138 valence electrons. The van der Waals surface area contributed by atoms with Crippen molar-refractivity contribution in [1.82, 2.24) is 10.2 Å². The fourth-order valence-corrected chi connectivity index (χ4v) is 5.25. The zero-order chi connectivity index (χ0) is 18.8. The van der Waals surface area contributed by atoms with Gasteiger partial charge in [-0.25, -0.2) is 4.79 Å². The number of nitrogens with one attached hydrogen (secondary N) is 1. The van der Waals surface area contributed by atoms with Crippen LogP contribution in [-0.2, 0) is 25.2 Å². The fraction of sp³-hybridized carbons (Fsp3) is 0.312. The van der Waals surface area contributed by atoms with Crippen molar-refractivity contribution < 1.29 is 28.4 Å². The molecule has 0 aliphatic carbocycles. The maximum absolute atomic E-state index is 12.4. The number of nitrogens with zero attached hydrogens (tertiary/aromatic N) is 1. The lowest BCUT2D eigenvalue weighted by atomic mass is 10.0. The van der Waals surface area contributed by atoms with Crippen LogP contribution < -0.4 is 10.1 Å². The van der Waals surface area contributed by atoms with Crippen LogP contribution in [0.4, 0.5) is 0 Å². The molecule has 0 spiro atoms. The number of alkyl halides is 1. The highest BCUT2D eigenvalue weighted by Gasteiger charge is 2.56. The number of rotatable bonds is 6. The molecule has 3 atom stereocenters. The molecule has 0 saturated carbocycles. The van der Waals surface area contributed by atoms with E-state index in [0.29, 0.717) is 11.3 Å². The van der Waals surface area contributed by atoms with Gasteiger partial charge in [-0.15, -0.1) is 0 Å². The Kier molecular flexibility index (Phi) is 5.42. The molecule has 2 aliphatic rings. The molecule has 1 aromatic rings. The Hall–Kier alpha value is -2.20. The van der Waals surface area contributed by atoms with Crippen molar-refractivity contribution in [1.29, 1.82) is 0 Å². The molecule has 26 heavy (non-hydrogen) atoms. The summed E-state index contributed by atoms with van der Waals surface area (Å²) >= 11 is 3.16. The SMILES string of the molecule is O=C(COc1ccccc1)NC1C(=O)N2C(C(=O)O)=C(CBr)C[S@](=O)[C@@H]12. The average Bonchev–Trinajstić information content (AvgIpc) is 2.64. The number of fused-ring (bicyclic) bond motifs is 1. The van der Waals surface area contributed by atoms with Crippen LogP contribution in [0.5, 0.6) is 5.75 Å². The molecule has 2 amide bonds. The van der Waals surface area contributed by atoms with Crippen LogP contribution >= 0.6 is 15.9 Å². The largest absolute Gasteiger partial charge is 0.484 e. The third kappa shape index (κ3) is 3.38. The minimum atomic E-state index is -1.50. The number of carbonyl (C=O) groups is 3. The van der Waals surface area contributed by atoms with E-state index in [1.54, 1.807) is 24.3 Å². The Labute approximate surface area is 159 Å². The first kappa shape index (κ1) is 18.6. The molecule has 0 radical (unpaired) electrons. The maximum atomic E-state index is 12.4. The summed E-state index contributed by atoms with van der Waals surface area (Å²) in [5, 5.41) is 11.2. The molecule has 1 aromatic carbocycles. The van der Waals surface area contributed by atoms with Gasteiger partial charge in [0.05, 0.1) is 16.6 Å². The first-order valence-corrected chi connectivity index (χ1v) is 10.1. The van der Waals surface area contributed by atoms with E-state index >= 15 is 0 Å². The van der Waals surface area contributed by atoms with Crippen LogP contribution in [-0.4, -0.2) is 61.1 Å². The van der Waals surface area contributed by atoms with E-state index in [9.17, 15) is 23.7 Å². The van der Waals surface area contributed by atoms with E-state index in [1.807, 2.05) is 6.07 Å². The van der Waals surface area contributed by atoms with Gasteiger partial charge in [-0.2, -0.15) is 0 Å². The topological polar surface area (TPSA) is 113 Å². The molecular formula is C16H15BrN2O6S. The standard InChI is InChI=1S/C16H15BrN2O6S/c17-6-9-8-26(24)15-12(14(21)19(15)13(9)16(22)23)18-11(20)7-25-10-4-2-1-3-5-10/h1-5,12,15H,6-8H2,(H,18,20)(H,22,23)/t12?,15-,26-/m0/s1. The van der Waals surface area contributed by atoms with Gasteiger partial charge in [0, 0.05) is 5.33 Å². The molecule has 3 rings (SSSR count). The number of amides is 2. The highest BCUT2D eigenvalue weighted by molar-refractivity contribution is 9.09. The summed E-state index contributed by atoms with van der Waals surface area (Å²) in [4.78, 5) is 36.9. The minimum absolute atomic E-state index is 0.0359. The van der Waals surface area contributed by atoms with Crippen molar-refractivity contribution in [2.24, 2.45) is 0 Å². The van der Waals surface area contributed by atoms with Crippen molar-refractivity contribution in [3.05, 3.63) is 41.6 Å². The van der Waals surface area contributed by atoms with Crippen LogP contribution in [0.2, 0.25) is 0 Å². The van der Waals surface area contributed by atoms with Crippen LogP contribution in [0, 0.1) is 0 Å². The summed E-state index contributed by atoms with van der Waals surface area (Å²) < 4.78 is 17.7. The first-order chi connectivity index (χ1) is 12.4. The highest BCUT2D eigenvalue weighted by Crippen LogP contribution is 2.35. The Bertz CT molecular complexity index is 812. The predicted molar refractivity (Wildman–Crippen MR) is 96.0 cm³/mol. The van der Waals surface area contributed by atoms with Gasteiger partial charge in [-0.1, -0.05) is 34.1 Å². The number of halogens is 1. The summed E-state index contributed by atoms with van der Waals surface area (Å²) in [5.74, 6) is -1.85. The number of β-lactam (4-membered cyclic amide) rings is 1. The van der Waals surface area contributed by atoms with Gasteiger partial charge >= 0.3 is 5.97 Å². The second kappa shape index (κ2) is 7.58. The molecule has 1 saturated heterocycles. The van der Waals surface area contributed by atoms with Crippen LogP contribution in [0.3, 0.4) is 0 Å². The number of para-hydroxylation sites is 1. The van der Waals surface area contributed by atoms with Gasteiger partial charge in [0.25, 0.3) is 11.8 Å². The zero-order valence-electron chi connectivity index (χ0n) is 13.4. The molecular weight excluding hydrogens is 428 g/mol. The van der Waals surface area contributed by atoms with Crippen molar-refractivity contribution in [2.75, 3.05) is 17.7 Å². The van der Waals surface area contributed by atoms with Crippen molar-refractivity contribution in [3.8, 4) is 5.75 Å². The van der Waals surface area contributed by atoms with E-state index in [0.717, 1.165) is 4.90 Å². The minimum Gasteiger partial charge on any atom is -0.484 e. The average molecular weight is 443 g/mol. The Morgan fingerprint density at radius 1 is 1.35 bits per heavy atom. The summed E-state index contributed by atoms with van der Waals surface area (Å²) in [6.07, 6.45) is 0. The Morgan fingerprint density at radius 3 is 2.65 bits per heavy atom. The first-order valence-electron chi connectivity index (χ1n) is 7.62. The summed E-state index contributed by atoms with van der Waals surface area (Å²) in [6.45, 7) is -0.304. The third-order valence-electron chi connectivity index (χ3n) is 4.00. The molecule has 10 heteroatoms. The molecule has 2 N–H and O–H groups in total. The van der Waals surface area contributed by atoms with Gasteiger partial charge < -0.3 is 15.2 Å². The van der Waals surface area contributed by atoms with Gasteiger partial charge in [-0.3, -0.25) is 18.7 Å². The lowest BCUT2D eigenvalue weighted by Gasteiger charge is -2.48. The number of benzene rings is 1. The molecule has 1 fully saturated rings. The third-order valence-corrected chi connectivity index (χ3v) is 6.33. The van der Waals surface area contributed by atoms with Crippen molar-refractivity contribution in [3.63, 3.8) is 0 Å². The second-order valence-corrected chi connectivity index (χ2v) is 7.76. The molecule has 2 heterocycles. The highest BCUT2D eigenvalue weighted by atomic mass is 79.9. The van der Waals surface area contributed by atoms with Crippen molar-refractivity contribution >= 4 is 44.5 Å². The Morgan fingerprint density at radius 2 is 2.04 bits per heavy atom. The van der Waals surface area contributed by atoms with E-state index < -0.39 is 40.0 Å². The normalized spacial score (nSPS) is 24.6. The number of ether oxygens (including phenoxy) is 1. The van der Waals surface area contributed by atoms with Gasteiger partial charge in [0.1, 0.15) is 22.9 Å². The van der Waals surface area contributed by atoms with Gasteiger partial charge in [0.2, 0.25) is 0 Å². The number of carbonyl (C=O) groups excluding carboxylic acids is 2. The van der Waals surface area contributed by atoms with E-state index in [-0.39, 0.29) is 23.4 Å². The number of aliphatic carboxylic acids is 1. The Balaban J connectivity index is 1.67. The van der Waals surface area contributed by atoms with Gasteiger partial charge in [0.15, 0.2) is 6.61 Å².